The molecule has 0 spiro atoms. The minimum atomic E-state index is -0.475. The van der Waals surface area contributed by atoms with Gasteiger partial charge in [-0.3, -0.25) is 0 Å². The molecule has 5 N–H and O–H groups in total. The molecule has 0 bridgehead atoms. The molecule has 4 nitrogen and oxygen atoms in total. The summed E-state index contributed by atoms with van der Waals surface area (Å²) in [6.07, 6.45) is 0. The molecule has 0 radical (unpaired) electrons. The highest BCUT2D eigenvalue weighted by Crippen LogP contribution is 2.16. The second kappa shape index (κ2) is 3.86. The van der Waals surface area contributed by atoms with E-state index < -0.39 is 5.82 Å². The van der Waals surface area contributed by atoms with Gasteiger partial charge in [0.1, 0.15) is 5.82 Å². The SMILES string of the molecule is NC(N)=Nc1ccc(F)c(CO)c1. The van der Waals surface area contributed by atoms with Crippen molar-refractivity contribution in [3.05, 3.63) is 29.6 Å². The molecule has 0 saturated carbocycles. The van der Waals surface area contributed by atoms with Crippen molar-refractivity contribution in [2.75, 3.05) is 0 Å². The van der Waals surface area contributed by atoms with E-state index in [1.54, 1.807) is 0 Å². The maximum absolute atomic E-state index is 12.8. The maximum atomic E-state index is 12.8. The zero-order valence-electron chi connectivity index (χ0n) is 6.87. The highest BCUT2D eigenvalue weighted by Gasteiger charge is 2.01. The van der Waals surface area contributed by atoms with Crippen molar-refractivity contribution < 1.29 is 9.50 Å². The highest BCUT2D eigenvalue weighted by atomic mass is 19.1. The van der Waals surface area contributed by atoms with E-state index in [-0.39, 0.29) is 18.1 Å². The largest absolute Gasteiger partial charge is 0.392 e. The first-order valence-electron chi connectivity index (χ1n) is 3.62. The zero-order valence-corrected chi connectivity index (χ0v) is 6.87. The molecule has 0 aliphatic carbocycles. The molecule has 0 unspecified atom stereocenters. The van der Waals surface area contributed by atoms with E-state index in [0.717, 1.165) is 0 Å². The van der Waals surface area contributed by atoms with Gasteiger partial charge in [-0.2, -0.15) is 0 Å². The Bertz CT molecular complexity index is 334. The third-order valence-electron chi connectivity index (χ3n) is 1.46. The third kappa shape index (κ3) is 2.41. The van der Waals surface area contributed by atoms with Gasteiger partial charge in [0.15, 0.2) is 5.96 Å². The van der Waals surface area contributed by atoms with Crippen molar-refractivity contribution in [2.45, 2.75) is 6.61 Å². The lowest BCUT2D eigenvalue weighted by Crippen LogP contribution is -2.21. The zero-order chi connectivity index (χ0) is 9.84. The predicted octanol–water partition coefficient (Wildman–Crippen LogP) is 0.223. The first kappa shape index (κ1) is 9.47. The van der Waals surface area contributed by atoms with Crippen molar-refractivity contribution in [1.29, 1.82) is 0 Å². The molecular formula is C8H10FN3O. The smallest absolute Gasteiger partial charge is 0.191 e. The van der Waals surface area contributed by atoms with Gasteiger partial charge >= 0.3 is 0 Å². The van der Waals surface area contributed by atoms with Gasteiger partial charge in [-0.15, -0.1) is 0 Å². The van der Waals surface area contributed by atoms with E-state index in [2.05, 4.69) is 4.99 Å². The number of aliphatic imine (C=N–C) groups is 1. The molecule has 0 saturated heterocycles. The Morgan fingerprint density at radius 3 is 2.69 bits per heavy atom. The number of hydrogen-bond donors (Lipinski definition) is 3. The molecular weight excluding hydrogens is 173 g/mol. The fraction of sp³-hybridized carbons (Fsp3) is 0.125. The summed E-state index contributed by atoms with van der Waals surface area (Å²) in [5.74, 6) is -0.576. The number of nitrogens with two attached hydrogens (primary N) is 2. The van der Waals surface area contributed by atoms with Crippen LogP contribution in [0.5, 0.6) is 0 Å². The average Bonchev–Trinajstić information content (AvgIpc) is 2.07. The number of halogens is 1. The lowest BCUT2D eigenvalue weighted by molar-refractivity contribution is 0.276. The molecule has 0 atom stereocenters. The van der Waals surface area contributed by atoms with Crippen LogP contribution in [0.4, 0.5) is 10.1 Å². The topological polar surface area (TPSA) is 84.6 Å². The molecule has 0 amide bonds. The summed E-state index contributed by atoms with van der Waals surface area (Å²) in [5.41, 5.74) is 10.8. The van der Waals surface area contributed by atoms with Crippen molar-refractivity contribution in [2.24, 2.45) is 16.5 Å². The van der Waals surface area contributed by atoms with E-state index in [1.165, 1.54) is 18.2 Å². The van der Waals surface area contributed by atoms with Crippen molar-refractivity contribution in [3.8, 4) is 0 Å². The second-order valence-corrected chi connectivity index (χ2v) is 2.47. The monoisotopic (exact) mass is 183 g/mol. The Hall–Kier alpha value is -1.62. The molecule has 0 heterocycles. The average molecular weight is 183 g/mol. The first-order chi connectivity index (χ1) is 6.13. The van der Waals surface area contributed by atoms with Gasteiger partial charge < -0.3 is 16.6 Å². The number of hydrogen-bond acceptors (Lipinski definition) is 2. The highest BCUT2D eigenvalue weighted by molar-refractivity contribution is 5.79. The summed E-state index contributed by atoms with van der Waals surface area (Å²) >= 11 is 0. The van der Waals surface area contributed by atoms with Crippen LogP contribution in [0.3, 0.4) is 0 Å². The van der Waals surface area contributed by atoms with Gasteiger partial charge in [0.25, 0.3) is 0 Å². The van der Waals surface area contributed by atoms with Crippen molar-refractivity contribution in [1.82, 2.24) is 0 Å². The Morgan fingerprint density at radius 2 is 2.15 bits per heavy atom. The molecule has 0 aromatic heterocycles. The standard InChI is InChI=1S/C8H10FN3O/c9-7-2-1-6(12-8(10)11)3-5(7)4-13/h1-3,13H,4H2,(H4,10,11,12). The summed E-state index contributed by atoms with van der Waals surface area (Å²) in [6.45, 7) is -0.375. The number of nitrogens with zero attached hydrogens (tertiary/aromatic N) is 1. The minimum absolute atomic E-state index is 0.101. The summed E-state index contributed by atoms with van der Waals surface area (Å²) in [6, 6.07) is 4.01. The van der Waals surface area contributed by atoms with E-state index in [4.69, 9.17) is 16.6 Å². The van der Waals surface area contributed by atoms with Crippen LogP contribution in [0, 0.1) is 5.82 Å². The fourth-order valence-electron chi connectivity index (χ4n) is 0.901. The van der Waals surface area contributed by atoms with Crippen LogP contribution in [0.1, 0.15) is 5.56 Å². The first-order valence-corrected chi connectivity index (χ1v) is 3.62. The maximum Gasteiger partial charge on any atom is 0.191 e. The Morgan fingerprint density at radius 1 is 1.46 bits per heavy atom. The summed E-state index contributed by atoms with van der Waals surface area (Å²) < 4.78 is 12.8. The summed E-state index contributed by atoms with van der Waals surface area (Å²) in [7, 11) is 0. The molecule has 1 aromatic rings. The lowest BCUT2D eigenvalue weighted by Gasteiger charge is -2.00. The Balaban J connectivity index is 3.06. The van der Waals surface area contributed by atoms with Crippen LogP contribution >= 0.6 is 0 Å². The summed E-state index contributed by atoms with van der Waals surface area (Å²) in [5, 5.41) is 8.73. The minimum Gasteiger partial charge on any atom is -0.392 e. The number of guanidine groups is 1. The Kier molecular flexibility index (Phi) is 2.81. The molecule has 0 aliphatic rings. The van der Waals surface area contributed by atoms with Crippen LogP contribution in [-0.2, 0) is 6.61 Å². The van der Waals surface area contributed by atoms with Crippen molar-refractivity contribution >= 4 is 11.6 Å². The molecule has 70 valence electrons. The number of aliphatic hydroxyl groups excluding tert-OH is 1. The van der Waals surface area contributed by atoms with Gasteiger partial charge in [-0.1, -0.05) is 0 Å². The molecule has 13 heavy (non-hydrogen) atoms. The normalized spacial score (nSPS) is 9.69. The molecule has 0 fully saturated rings. The molecule has 5 heteroatoms. The summed E-state index contributed by atoms with van der Waals surface area (Å²) in [4.78, 5) is 3.70. The van der Waals surface area contributed by atoms with Gasteiger partial charge in [0.05, 0.1) is 12.3 Å². The number of aliphatic hydroxyl groups is 1. The Labute approximate surface area is 74.7 Å². The number of benzene rings is 1. The van der Waals surface area contributed by atoms with Crippen LogP contribution in [0.15, 0.2) is 23.2 Å². The molecule has 1 aromatic carbocycles. The lowest BCUT2D eigenvalue weighted by atomic mass is 10.2. The molecule has 0 aliphatic heterocycles. The second-order valence-electron chi connectivity index (χ2n) is 2.47. The quantitative estimate of drug-likeness (QED) is 0.453. The van der Waals surface area contributed by atoms with E-state index in [9.17, 15) is 4.39 Å². The van der Waals surface area contributed by atoms with Gasteiger partial charge in [0.2, 0.25) is 0 Å². The van der Waals surface area contributed by atoms with E-state index >= 15 is 0 Å². The van der Waals surface area contributed by atoms with Gasteiger partial charge in [-0.05, 0) is 18.2 Å². The van der Waals surface area contributed by atoms with Crippen LogP contribution < -0.4 is 11.5 Å². The van der Waals surface area contributed by atoms with E-state index in [1.807, 2.05) is 0 Å². The number of rotatable bonds is 2. The van der Waals surface area contributed by atoms with Crippen LogP contribution in [-0.4, -0.2) is 11.1 Å². The van der Waals surface area contributed by atoms with Crippen molar-refractivity contribution in [3.63, 3.8) is 0 Å². The predicted molar refractivity (Wildman–Crippen MR) is 47.8 cm³/mol. The van der Waals surface area contributed by atoms with E-state index in [0.29, 0.717) is 5.69 Å². The molecule has 1 rings (SSSR count). The van der Waals surface area contributed by atoms with Crippen LogP contribution in [0.2, 0.25) is 0 Å². The third-order valence-corrected chi connectivity index (χ3v) is 1.46. The van der Waals surface area contributed by atoms with Crippen LogP contribution in [0.25, 0.3) is 0 Å². The fourth-order valence-corrected chi connectivity index (χ4v) is 0.901. The van der Waals surface area contributed by atoms with Gasteiger partial charge in [-0.25, -0.2) is 9.38 Å². The van der Waals surface area contributed by atoms with Gasteiger partial charge in [0, 0.05) is 5.56 Å².